The number of carbonyl (C=O) groups is 1. The summed E-state index contributed by atoms with van der Waals surface area (Å²) in [5.74, 6) is 2.59. The molecule has 8 nitrogen and oxygen atoms in total. The van der Waals surface area contributed by atoms with E-state index in [9.17, 15) is 4.79 Å². The summed E-state index contributed by atoms with van der Waals surface area (Å²) in [5.41, 5.74) is 2.57. The maximum absolute atomic E-state index is 13.0. The van der Waals surface area contributed by atoms with Crippen LogP contribution in [-0.4, -0.2) is 50.0 Å². The summed E-state index contributed by atoms with van der Waals surface area (Å²) in [7, 11) is 0. The van der Waals surface area contributed by atoms with Crippen LogP contribution in [0.2, 0.25) is 0 Å². The molecule has 0 saturated heterocycles. The molecular weight excluding hydrogens is 368 g/mol. The molecule has 8 heteroatoms. The van der Waals surface area contributed by atoms with Crippen molar-refractivity contribution in [1.82, 2.24) is 29.7 Å². The molecule has 0 fully saturated rings. The average molecular weight is 392 g/mol. The van der Waals surface area contributed by atoms with Gasteiger partial charge in [0.05, 0.1) is 6.54 Å². The summed E-state index contributed by atoms with van der Waals surface area (Å²) in [6, 6.07) is 3.99. The number of rotatable bonds is 4. The van der Waals surface area contributed by atoms with Crippen LogP contribution in [0.3, 0.4) is 0 Å². The molecule has 0 bridgehead atoms. The van der Waals surface area contributed by atoms with E-state index in [-0.39, 0.29) is 5.91 Å². The van der Waals surface area contributed by atoms with Gasteiger partial charge >= 0.3 is 0 Å². The van der Waals surface area contributed by atoms with Crippen molar-refractivity contribution in [3.05, 3.63) is 65.1 Å². The predicted octanol–water partition coefficient (Wildman–Crippen LogP) is 1.40. The van der Waals surface area contributed by atoms with Gasteiger partial charge in [0, 0.05) is 64.0 Å². The second-order valence-electron chi connectivity index (χ2n) is 7.55. The first kappa shape index (κ1) is 18.1. The summed E-state index contributed by atoms with van der Waals surface area (Å²) in [4.78, 5) is 28.2. The average Bonchev–Trinajstić information content (AvgIpc) is 3.29. The van der Waals surface area contributed by atoms with Crippen LogP contribution in [0, 0.1) is 0 Å². The molecule has 2 aliphatic heterocycles. The fourth-order valence-corrected chi connectivity index (χ4v) is 3.97. The summed E-state index contributed by atoms with van der Waals surface area (Å²) in [6.45, 7) is 3.77. The fraction of sp³-hybridized carbons (Fsp3) is 0.429. The van der Waals surface area contributed by atoms with Gasteiger partial charge in [0.1, 0.15) is 23.0 Å². The monoisotopic (exact) mass is 392 g/mol. The van der Waals surface area contributed by atoms with Gasteiger partial charge in [-0.25, -0.2) is 9.97 Å². The molecular formula is C21H24N6O2. The van der Waals surface area contributed by atoms with Crippen LogP contribution in [0.15, 0.2) is 35.1 Å². The third kappa shape index (κ3) is 3.80. The third-order valence-corrected chi connectivity index (χ3v) is 5.54. The first-order chi connectivity index (χ1) is 14.3. The van der Waals surface area contributed by atoms with Gasteiger partial charge in [-0.15, -0.1) is 0 Å². The van der Waals surface area contributed by atoms with Crippen LogP contribution in [0.1, 0.15) is 39.2 Å². The minimum Gasteiger partial charge on any atom is -0.445 e. The summed E-state index contributed by atoms with van der Waals surface area (Å²) in [5, 5.41) is 3.35. The van der Waals surface area contributed by atoms with Crippen molar-refractivity contribution in [3.8, 4) is 0 Å². The zero-order valence-electron chi connectivity index (χ0n) is 16.3. The quantitative estimate of drug-likeness (QED) is 0.722. The number of nitrogens with zero attached hydrogens (tertiary/aromatic N) is 5. The number of imidazole rings is 1. The Hall–Kier alpha value is -3.00. The van der Waals surface area contributed by atoms with E-state index in [2.05, 4.69) is 30.9 Å². The van der Waals surface area contributed by atoms with Gasteiger partial charge in [0.2, 0.25) is 0 Å². The highest BCUT2D eigenvalue weighted by atomic mass is 16.4. The number of aryl methyl sites for hydroxylation is 2. The SMILES string of the molecule is O=C(c1cn2c(n1)CCNCC2)N1CCc2oc(CCc3cccnc3)nc2C1. The van der Waals surface area contributed by atoms with Crippen molar-refractivity contribution in [2.24, 2.45) is 0 Å². The Labute approximate surface area is 169 Å². The standard InChI is InChI=1S/C21H24N6O2/c28-21(17-14-26-11-9-22-8-5-19(26)24-17)27-10-6-18-16(13-27)25-20(29-18)4-3-15-2-1-7-23-12-15/h1-2,7,12,14,22H,3-6,8-11,13H2. The molecule has 1 amide bonds. The number of pyridine rings is 1. The molecule has 0 radical (unpaired) electrons. The molecule has 1 N–H and O–H groups in total. The van der Waals surface area contributed by atoms with Gasteiger partial charge < -0.3 is 19.2 Å². The number of aromatic nitrogens is 4. The number of hydrogen-bond donors (Lipinski definition) is 1. The number of hydrogen-bond acceptors (Lipinski definition) is 6. The van der Waals surface area contributed by atoms with Gasteiger partial charge in [-0.3, -0.25) is 9.78 Å². The zero-order valence-corrected chi connectivity index (χ0v) is 16.3. The first-order valence-electron chi connectivity index (χ1n) is 10.2. The number of nitrogens with one attached hydrogen (secondary N) is 1. The highest BCUT2D eigenvalue weighted by Gasteiger charge is 2.28. The molecule has 3 aromatic heterocycles. The Balaban J connectivity index is 1.26. The molecule has 0 aromatic carbocycles. The molecule has 3 aromatic rings. The largest absolute Gasteiger partial charge is 0.445 e. The molecule has 0 spiro atoms. The Morgan fingerprint density at radius 3 is 3.03 bits per heavy atom. The smallest absolute Gasteiger partial charge is 0.274 e. The number of oxazole rings is 1. The number of amides is 1. The lowest BCUT2D eigenvalue weighted by atomic mass is 10.1. The Kier molecular flexibility index (Phi) is 4.85. The molecule has 0 atom stereocenters. The number of carbonyl (C=O) groups excluding carboxylic acids is 1. The Bertz CT molecular complexity index is 986. The molecule has 29 heavy (non-hydrogen) atoms. The Morgan fingerprint density at radius 1 is 1.17 bits per heavy atom. The third-order valence-electron chi connectivity index (χ3n) is 5.54. The van der Waals surface area contributed by atoms with E-state index < -0.39 is 0 Å². The van der Waals surface area contributed by atoms with Gasteiger partial charge in [-0.1, -0.05) is 6.07 Å². The van der Waals surface area contributed by atoms with E-state index in [1.54, 1.807) is 6.20 Å². The van der Waals surface area contributed by atoms with Crippen LogP contribution < -0.4 is 5.32 Å². The highest BCUT2D eigenvalue weighted by Crippen LogP contribution is 2.22. The highest BCUT2D eigenvalue weighted by molar-refractivity contribution is 5.92. The lowest BCUT2D eigenvalue weighted by Gasteiger charge is -2.24. The van der Waals surface area contributed by atoms with E-state index >= 15 is 0 Å². The first-order valence-corrected chi connectivity index (χ1v) is 10.2. The summed E-state index contributed by atoms with van der Waals surface area (Å²) >= 11 is 0. The van der Waals surface area contributed by atoms with Gasteiger partial charge in [-0.05, 0) is 18.1 Å². The van der Waals surface area contributed by atoms with Crippen LogP contribution in [0.5, 0.6) is 0 Å². The minimum atomic E-state index is -0.0240. The second kappa shape index (κ2) is 7.79. The van der Waals surface area contributed by atoms with E-state index in [1.807, 2.05) is 23.4 Å². The normalized spacial score (nSPS) is 16.2. The lowest BCUT2D eigenvalue weighted by Crippen LogP contribution is -2.36. The molecule has 150 valence electrons. The topological polar surface area (TPSA) is 89.1 Å². The van der Waals surface area contributed by atoms with Crippen molar-refractivity contribution in [2.45, 2.75) is 38.8 Å². The van der Waals surface area contributed by atoms with E-state index in [1.165, 1.54) is 0 Å². The van der Waals surface area contributed by atoms with Crippen LogP contribution in [-0.2, 0) is 38.8 Å². The van der Waals surface area contributed by atoms with E-state index in [4.69, 9.17) is 4.42 Å². The summed E-state index contributed by atoms with van der Waals surface area (Å²) in [6.07, 6.45) is 8.64. The molecule has 0 unspecified atom stereocenters. The van der Waals surface area contributed by atoms with E-state index in [0.29, 0.717) is 25.2 Å². The predicted molar refractivity (Wildman–Crippen MR) is 105 cm³/mol. The maximum atomic E-state index is 13.0. The van der Waals surface area contributed by atoms with Crippen LogP contribution in [0.25, 0.3) is 0 Å². The van der Waals surface area contributed by atoms with Crippen molar-refractivity contribution in [1.29, 1.82) is 0 Å². The van der Waals surface area contributed by atoms with E-state index in [0.717, 1.165) is 67.6 Å². The molecule has 5 heterocycles. The lowest BCUT2D eigenvalue weighted by molar-refractivity contribution is 0.0722. The van der Waals surface area contributed by atoms with Crippen molar-refractivity contribution in [2.75, 3.05) is 19.6 Å². The fourth-order valence-electron chi connectivity index (χ4n) is 3.97. The minimum absolute atomic E-state index is 0.0240. The van der Waals surface area contributed by atoms with Gasteiger partial charge in [-0.2, -0.15) is 0 Å². The van der Waals surface area contributed by atoms with Gasteiger partial charge in [0.25, 0.3) is 5.91 Å². The maximum Gasteiger partial charge on any atom is 0.274 e. The molecule has 2 aliphatic rings. The number of fused-ring (bicyclic) bond motifs is 2. The van der Waals surface area contributed by atoms with Crippen LogP contribution in [0.4, 0.5) is 0 Å². The molecule has 5 rings (SSSR count). The summed E-state index contributed by atoms with van der Waals surface area (Å²) < 4.78 is 8.04. The van der Waals surface area contributed by atoms with Gasteiger partial charge in [0.15, 0.2) is 5.89 Å². The van der Waals surface area contributed by atoms with Crippen LogP contribution >= 0.6 is 0 Å². The van der Waals surface area contributed by atoms with Crippen molar-refractivity contribution >= 4 is 5.91 Å². The van der Waals surface area contributed by atoms with Crippen molar-refractivity contribution < 1.29 is 9.21 Å². The molecule has 0 saturated carbocycles. The second-order valence-corrected chi connectivity index (χ2v) is 7.55. The zero-order chi connectivity index (χ0) is 19.6. The molecule has 0 aliphatic carbocycles. The van der Waals surface area contributed by atoms with Crippen molar-refractivity contribution in [3.63, 3.8) is 0 Å². The Morgan fingerprint density at radius 2 is 2.14 bits per heavy atom.